The van der Waals surface area contributed by atoms with Gasteiger partial charge in [-0.3, -0.25) is 4.79 Å². The van der Waals surface area contributed by atoms with Crippen LogP contribution in [0.3, 0.4) is 0 Å². The highest BCUT2D eigenvalue weighted by molar-refractivity contribution is 7.80. The molecule has 2 rings (SSSR count). The highest BCUT2D eigenvalue weighted by Crippen LogP contribution is 2.19. The number of aromatic nitrogens is 1. The monoisotopic (exact) mass is 375 g/mol. The average molecular weight is 376 g/mol. The Morgan fingerprint density at radius 3 is 2.54 bits per heavy atom. The standard InChI is InChI=1S/C20H30N4OS/c1-6-23(7-2)8-9-24(20(26)21-5)13-16-12-17-15(4)10-14(3)11-18(17)22-19(16)25/h10-12H,6-9,13H2,1-5H3,(H,21,26)(H,22,25)/p+1. The fraction of sp³-hybridized carbons (Fsp3) is 0.500. The Morgan fingerprint density at radius 1 is 1.23 bits per heavy atom. The summed E-state index contributed by atoms with van der Waals surface area (Å²) in [5.74, 6) is 0. The Labute approximate surface area is 161 Å². The van der Waals surface area contributed by atoms with Crippen LogP contribution >= 0.6 is 12.2 Å². The Morgan fingerprint density at radius 2 is 1.92 bits per heavy atom. The molecular formula is C20H31N4OS+. The maximum atomic E-state index is 12.6. The van der Waals surface area contributed by atoms with Gasteiger partial charge in [0.1, 0.15) is 0 Å². The zero-order valence-electron chi connectivity index (χ0n) is 16.5. The van der Waals surface area contributed by atoms with Crippen molar-refractivity contribution in [1.82, 2.24) is 15.2 Å². The lowest BCUT2D eigenvalue weighted by molar-refractivity contribution is -0.895. The second-order valence-electron chi connectivity index (χ2n) is 6.85. The maximum Gasteiger partial charge on any atom is 0.253 e. The number of quaternary nitrogens is 1. The van der Waals surface area contributed by atoms with Crippen LogP contribution in [0.1, 0.15) is 30.5 Å². The Bertz CT molecular complexity index is 826. The van der Waals surface area contributed by atoms with E-state index >= 15 is 0 Å². The normalized spacial score (nSPS) is 11.2. The third kappa shape index (κ3) is 4.83. The van der Waals surface area contributed by atoms with Crippen LogP contribution in [-0.4, -0.2) is 48.2 Å². The number of hydrogen-bond acceptors (Lipinski definition) is 2. The van der Waals surface area contributed by atoms with Gasteiger partial charge in [-0.1, -0.05) is 6.07 Å². The number of benzene rings is 1. The molecule has 0 fully saturated rings. The molecule has 0 radical (unpaired) electrons. The minimum Gasteiger partial charge on any atom is -0.366 e. The minimum atomic E-state index is -0.0402. The van der Waals surface area contributed by atoms with Crippen LogP contribution in [0.2, 0.25) is 0 Å². The summed E-state index contributed by atoms with van der Waals surface area (Å²) in [6, 6.07) is 6.18. The molecular weight excluding hydrogens is 344 g/mol. The van der Waals surface area contributed by atoms with Gasteiger partial charge in [-0.2, -0.15) is 0 Å². The third-order valence-electron chi connectivity index (χ3n) is 4.99. The van der Waals surface area contributed by atoms with Crippen molar-refractivity contribution in [3.63, 3.8) is 0 Å². The molecule has 1 aromatic heterocycles. The van der Waals surface area contributed by atoms with Gasteiger partial charge >= 0.3 is 0 Å². The Hall–Kier alpha value is -1.92. The molecule has 1 heterocycles. The van der Waals surface area contributed by atoms with Crippen molar-refractivity contribution in [2.24, 2.45) is 0 Å². The third-order valence-corrected chi connectivity index (χ3v) is 5.45. The second-order valence-corrected chi connectivity index (χ2v) is 7.24. The molecule has 142 valence electrons. The van der Waals surface area contributed by atoms with E-state index in [0.717, 1.165) is 48.2 Å². The second kappa shape index (κ2) is 9.14. The summed E-state index contributed by atoms with van der Waals surface area (Å²) >= 11 is 5.48. The molecule has 6 heteroatoms. The molecule has 0 saturated carbocycles. The van der Waals surface area contributed by atoms with Crippen LogP contribution in [0.25, 0.3) is 10.9 Å². The van der Waals surface area contributed by atoms with E-state index in [2.05, 4.69) is 42.0 Å². The van der Waals surface area contributed by atoms with Crippen molar-refractivity contribution >= 4 is 28.2 Å². The van der Waals surface area contributed by atoms with E-state index < -0.39 is 0 Å². The first kappa shape index (κ1) is 20.4. The first-order valence-electron chi connectivity index (χ1n) is 9.32. The quantitative estimate of drug-likeness (QED) is 0.640. The number of nitrogens with one attached hydrogen (secondary N) is 3. The summed E-state index contributed by atoms with van der Waals surface area (Å²) in [6.07, 6.45) is 0. The topological polar surface area (TPSA) is 52.6 Å². The van der Waals surface area contributed by atoms with Gasteiger partial charge in [0.2, 0.25) is 0 Å². The van der Waals surface area contributed by atoms with Gasteiger partial charge in [0, 0.05) is 23.5 Å². The van der Waals surface area contributed by atoms with E-state index in [-0.39, 0.29) is 5.56 Å². The average Bonchev–Trinajstić information content (AvgIpc) is 2.61. The predicted molar refractivity (Wildman–Crippen MR) is 113 cm³/mol. The zero-order chi connectivity index (χ0) is 19.3. The number of hydrogen-bond donors (Lipinski definition) is 3. The number of pyridine rings is 1. The van der Waals surface area contributed by atoms with E-state index in [1.807, 2.05) is 26.1 Å². The van der Waals surface area contributed by atoms with Crippen molar-refractivity contribution in [1.29, 1.82) is 0 Å². The lowest BCUT2D eigenvalue weighted by atomic mass is 10.0. The molecule has 0 bridgehead atoms. The highest BCUT2D eigenvalue weighted by atomic mass is 32.1. The van der Waals surface area contributed by atoms with E-state index in [4.69, 9.17) is 12.2 Å². The van der Waals surface area contributed by atoms with Gasteiger partial charge in [-0.25, -0.2) is 0 Å². The van der Waals surface area contributed by atoms with Crippen LogP contribution in [0.15, 0.2) is 23.0 Å². The van der Waals surface area contributed by atoms with Crippen molar-refractivity contribution in [2.75, 3.05) is 33.2 Å². The molecule has 0 amide bonds. The van der Waals surface area contributed by atoms with Crippen molar-refractivity contribution < 1.29 is 4.90 Å². The molecule has 0 unspecified atom stereocenters. The molecule has 0 aliphatic heterocycles. The first-order valence-corrected chi connectivity index (χ1v) is 9.73. The lowest BCUT2D eigenvalue weighted by Gasteiger charge is -2.26. The van der Waals surface area contributed by atoms with Crippen LogP contribution in [0.4, 0.5) is 0 Å². The van der Waals surface area contributed by atoms with Crippen molar-refractivity contribution in [2.45, 2.75) is 34.2 Å². The van der Waals surface area contributed by atoms with Crippen LogP contribution in [0, 0.1) is 13.8 Å². The molecule has 26 heavy (non-hydrogen) atoms. The van der Waals surface area contributed by atoms with Gasteiger partial charge in [0.05, 0.1) is 32.7 Å². The number of aromatic amines is 1. The maximum absolute atomic E-state index is 12.6. The van der Waals surface area contributed by atoms with Gasteiger partial charge < -0.3 is 20.1 Å². The van der Waals surface area contributed by atoms with Crippen molar-refractivity contribution in [3.05, 3.63) is 45.2 Å². The highest BCUT2D eigenvalue weighted by Gasteiger charge is 2.15. The summed E-state index contributed by atoms with van der Waals surface area (Å²) < 4.78 is 0. The number of nitrogens with zero attached hydrogens (tertiary/aromatic N) is 1. The predicted octanol–water partition coefficient (Wildman–Crippen LogP) is 1.38. The summed E-state index contributed by atoms with van der Waals surface area (Å²) in [5.41, 5.74) is 3.93. The fourth-order valence-corrected chi connectivity index (χ4v) is 3.50. The summed E-state index contributed by atoms with van der Waals surface area (Å²) in [7, 11) is 1.83. The number of thiocarbonyl (C=S) groups is 1. The Kier molecular flexibility index (Phi) is 7.17. The minimum absolute atomic E-state index is 0.0402. The number of rotatable bonds is 7. The number of likely N-dealkylation sites (N-methyl/N-ethyl adjacent to an activating group) is 1. The van der Waals surface area contributed by atoms with Gasteiger partial charge in [0.25, 0.3) is 5.56 Å². The summed E-state index contributed by atoms with van der Waals surface area (Å²) in [6.45, 7) is 13.0. The molecule has 0 aliphatic rings. The molecule has 5 nitrogen and oxygen atoms in total. The smallest absolute Gasteiger partial charge is 0.253 e. The molecule has 0 aliphatic carbocycles. The Balaban J connectivity index is 2.31. The van der Waals surface area contributed by atoms with Gasteiger partial charge in [0.15, 0.2) is 5.11 Å². The van der Waals surface area contributed by atoms with Crippen LogP contribution in [0.5, 0.6) is 0 Å². The molecule has 2 aromatic rings. The molecule has 0 spiro atoms. The fourth-order valence-electron chi connectivity index (χ4n) is 3.35. The lowest BCUT2D eigenvalue weighted by Crippen LogP contribution is -3.12. The number of H-pyrrole nitrogens is 1. The molecule has 3 N–H and O–H groups in total. The molecule has 0 saturated heterocycles. The largest absolute Gasteiger partial charge is 0.366 e. The van der Waals surface area contributed by atoms with E-state index in [9.17, 15) is 4.79 Å². The van der Waals surface area contributed by atoms with Crippen LogP contribution < -0.4 is 15.8 Å². The molecule has 0 atom stereocenters. The number of aryl methyl sites for hydroxylation is 2. The summed E-state index contributed by atoms with van der Waals surface area (Å²) in [4.78, 5) is 19.2. The van der Waals surface area contributed by atoms with Gasteiger partial charge in [-0.15, -0.1) is 0 Å². The van der Waals surface area contributed by atoms with Gasteiger partial charge in [-0.05, 0) is 63.2 Å². The number of fused-ring (bicyclic) bond motifs is 1. The van der Waals surface area contributed by atoms with E-state index in [1.54, 1.807) is 0 Å². The van der Waals surface area contributed by atoms with Crippen molar-refractivity contribution in [3.8, 4) is 0 Å². The van der Waals surface area contributed by atoms with E-state index in [1.165, 1.54) is 10.5 Å². The first-order chi connectivity index (χ1) is 12.4. The molecule has 1 aromatic carbocycles. The summed E-state index contributed by atoms with van der Waals surface area (Å²) in [5, 5.41) is 4.83. The zero-order valence-corrected chi connectivity index (χ0v) is 17.3. The SMILES string of the molecule is CC[NH+](CC)CCN(Cc1cc2c(C)cc(C)cc2[nH]c1=O)C(=S)NC. The van der Waals surface area contributed by atoms with Crippen LogP contribution in [-0.2, 0) is 6.54 Å². The van der Waals surface area contributed by atoms with E-state index in [0.29, 0.717) is 11.7 Å².